The van der Waals surface area contributed by atoms with E-state index in [1.165, 1.54) is 18.1 Å². The number of ketones is 2. The maximum absolute atomic E-state index is 13.0. The molecule has 28 heavy (non-hydrogen) atoms. The number of carbonyl (C=O) groups is 3. The van der Waals surface area contributed by atoms with Gasteiger partial charge >= 0.3 is 5.97 Å². The molecule has 0 radical (unpaired) electrons. The molecule has 152 valence electrons. The minimum absolute atomic E-state index is 0.0290. The van der Waals surface area contributed by atoms with Gasteiger partial charge in [0.15, 0.2) is 11.6 Å². The van der Waals surface area contributed by atoms with Gasteiger partial charge in [-0.3, -0.25) is 14.4 Å². The summed E-state index contributed by atoms with van der Waals surface area (Å²) in [4.78, 5) is 36.1. The van der Waals surface area contributed by atoms with Crippen LogP contribution in [0.25, 0.3) is 0 Å². The molecule has 0 aromatic carbocycles. The Morgan fingerprint density at radius 3 is 2.71 bits per heavy atom. The van der Waals surface area contributed by atoms with Crippen molar-refractivity contribution in [1.29, 1.82) is 0 Å². The molecule has 0 aromatic rings. The van der Waals surface area contributed by atoms with Crippen LogP contribution < -0.4 is 0 Å². The molecule has 0 saturated heterocycles. The summed E-state index contributed by atoms with van der Waals surface area (Å²) in [6, 6.07) is 0. The lowest BCUT2D eigenvalue weighted by atomic mass is 9.51. The van der Waals surface area contributed by atoms with Crippen LogP contribution in [0.15, 0.2) is 23.3 Å². The molecule has 0 spiro atoms. The predicted molar refractivity (Wildman–Crippen MR) is 106 cm³/mol. The van der Waals surface area contributed by atoms with Crippen LogP contribution in [0.3, 0.4) is 0 Å². The fourth-order valence-corrected chi connectivity index (χ4v) is 7.17. The summed E-state index contributed by atoms with van der Waals surface area (Å²) in [6.45, 7) is 8.06. The van der Waals surface area contributed by atoms with Crippen LogP contribution in [0.1, 0.15) is 66.2 Å². The van der Waals surface area contributed by atoms with Crippen molar-refractivity contribution < 1.29 is 19.1 Å². The Morgan fingerprint density at radius 1 is 1.25 bits per heavy atom. The van der Waals surface area contributed by atoms with Crippen molar-refractivity contribution in [2.75, 3.05) is 6.61 Å². The first-order valence-corrected chi connectivity index (χ1v) is 10.8. The highest BCUT2D eigenvalue weighted by Crippen LogP contribution is 2.65. The van der Waals surface area contributed by atoms with Gasteiger partial charge in [0.1, 0.15) is 6.61 Å². The van der Waals surface area contributed by atoms with Crippen molar-refractivity contribution >= 4 is 17.5 Å². The summed E-state index contributed by atoms with van der Waals surface area (Å²) in [7, 11) is 0. The molecule has 0 heterocycles. The fourth-order valence-electron chi connectivity index (χ4n) is 7.17. The molecular weight excluding hydrogens is 352 g/mol. The number of fused-ring (bicyclic) bond motifs is 5. The van der Waals surface area contributed by atoms with Crippen LogP contribution in [0.2, 0.25) is 0 Å². The quantitative estimate of drug-likeness (QED) is 0.533. The van der Waals surface area contributed by atoms with Crippen LogP contribution in [0.4, 0.5) is 0 Å². The SMILES string of the molecule is CC(=O)OCC(=O)[C@H]1[C@H](C)C[C@H]2[C@@H]3CCC4=CC(=O)CC[C@]4(C)C3=CC[C@@]21C. The molecule has 2 saturated carbocycles. The second kappa shape index (κ2) is 6.67. The molecule has 0 aliphatic heterocycles. The van der Waals surface area contributed by atoms with Crippen LogP contribution in [0.5, 0.6) is 0 Å². The number of hydrogen-bond donors (Lipinski definition) is 0. The number of Topliss-reactive ketones (excluding diaryl/α,β-unsaturated/α-hetero) is 1. The Kier molecular flexibility index (Phi) is 4.67. The third kappa shape index (κ3) is 2.83. The van der Waals surface area contributed by atoms with Crippen LogP contribution >= 0.6 is 0 Å². The van der Waals surface area contributed by atoms with Gasteiger partial charge in [-0.15, -0.1) is 0 Å². The van der Waals surface area contributed by atoms with Gasteiger partial charge < -0.3 is 4.74 Å². The van der Waals surface area contributed by atoms with Gasteiger partial charge in [-0.2, -0.15) is 0 Å². The first kappa shape index (κ1) is 19.6. The molecule has 6 atom stereocenters. The van der Waals surface area contributed by atoms with E-state index in [4.69, 9.17) is 4.74 Å². The van der Waals surface area contributed by atoms with Crippen LogP contribution in [-0.4, -0.2) is 24.1 Å². The van der Waals surface area contributed by atoms with Gasteiger partial charge in [-0.05, 0) is 61.3 Å². The van der Waals surface area contributed by atoms with Gasteiger partial charge in [0.05, 0.1) is 0 Å². The largest absolute Gasteiger partial charge is 0.458 e. The number of esters is 1. The Hall–Kier alpha value is -1.71. The van der Waals surface area contributed by atoms with E-state index in [0.717, 1.165) is 32.1 Å². The topological polar surface area (TPSA) is 60.4 Å². The summed E-state index contributed by atoms with van der Waals surface area (Å²) in [5, 5.41) is 0. The fraction of sp³-hybridized carbons (Fsp3) is 0.708. The zero-order valence-electron chi connectivity index (χ0n) is 17.5. The predicted octanol–water partition coefficient (Wildman–Crippen LogP) is 4.43. The minimum Gasteiger partial charge on any atom is -0.458 e. The van der Waals surface area contributed by atoms with Crippen molar-refractivity contribution in [3.63, 3.8) is 0 Å². The summed E-state index contributed by atoms with van der Waals surface area (Å²) < 4.78 is 5.05. The minimum atomic E-state index is -0.391. The summed E-state index contributed by atoms with van der Waals surface area (Å²) >= 11 is 0. The van der Waals surface area contributed by atoms with E-state index < -0.39 is 5.97 Å². The number of hydrogen-bond acceptors (Lipinski definition) is 4. The molecule has 0 unspecified atom stereocenters. The maximum atomic E-state index is 13.0. The van der Waals surface area contributed by atoms with E-state index in [2.05, 4.69) is 26.8 Å². The normalized spacial score (nSPS) is 41.9. The Morgan fingerprint density at radius 2 is 2.00 bits per heavy atom. The second-order valence-electron chi connectivity index (χ2n) is 10.0. The Bertz CT molecular complexity index is 790. The Labute approximate surface area is 167 Å². The van der Waals surface area contributed by atoms with Gasteiger partial charge in [-0.1, -0.05) is 38.0 Å². The van der Waals surface area contributed by atoms with Gasteiger partial charge in [0.2, 0.25) is 0 Å². The van der Waals surface area contributed by atoms with Crippen molar-refractivity contribution in [3.8, 4) is 0 Å². The lowest BCUT2D eigenvalue weighted by Gasteiger charge is -2.53. The number of allylic oxidation sites excluding steroid dienone is 4. The van der Waals surface area contributed by atoms with Gasteiger partial charge in [-0.25, -0.2) is 0 Å². The van der Waals surface area contributed by atoms with Gasteiger partial charge in [0.25, 0.3) is 0 Å². The molecule has 2 fully saturated rings. The summed E-state index contributed by atoms with van der Waals surface area (Å²) in [5.74, 6) is 1.22. The number of ether oxygens (including phenoxy) is 1. The first-order chi connectivity index (χ1) is 13.2. The molecular formula is C24H32O4. The van der Waals surface area contributed by atoms with Crippen LogP contribution in [-0.2, 0) is 19.1 Å². The molecule has 0 aromatic heterocycles. The van der Waals surface area contributed by atoms with Gasteiger partial charge in [0, 0.05) is 24.7 Å². The van der Waals surface area contributed by atoms with E-state index in [1.54, 1.807) is 0 Å². The third-order valence-corrected chi connectivity index (χ3v) is 8.44. The first-order valence-electron chi connectivity index (χ1n) is 10.8. The molecule has 0 amide bonds. The average Bonchev–Trinajstić information content (AvgIpc) is 2.90. The molecule has 0 bridgehead atoms. The summed E-state index contributed by atoms with van der Waals surface area (Å²) in [6.07, 6.45) is 9.94. The standard InChI is InChI=1S/C24H32O4/c1-14-11-20-18-6-5-16-12-17(26)7-9-23(16,3)19(18)8-10-24(20,4)22(14)21(27)13-28-15(2)25/h8,12,14,18,20,22H,5-7,9-11,13H2,1-4H3/t14-,18-,20+,22-,23+,24+/m1/s1. The highest BCUT2D eigenvalue weighted by Gasteiger charge is 2.59. The number of rotatable bonds is 3. The molecule has 4 rings (SSSR count). The van der Waals surface area contributed by atoms with E-state index in [1.807, 2.05) is 6.08 Å². The van der Waals surface area contributed by atoms with Crippen molar-refractivity contribution in [2.24, 2.45) is 34.5 Å². The van der Waals surface area contributed by atoms with E-state index >= 15 is 0 Å². The summed E-state index contributed by atoms with van der Waals surface area (Å²) in [5.41, 5.74) is 2.82. The molecule has 0 N–H and O–H groups in total. The van der Waals surface area contributed by atoms with Crippen molar-refractivity contribution in [3.05, 3.63) is 23.3 Å². The lowest BCUT2D eigenvalue weighted by Crippen LogP contribution is -2.46. The highest BCUT2D eigenvalue weighted by atomic mass is 16.5. The van der Waals surface area contributed by atoms with Crippen molar-refractivity contribution in [1.82, 2.24) is 0 Å². The Balaban J connectivity index is 1.65. The second-order valence-corrected chi connectivity index (χ2v) is 10.0. The average molecular weight is 385 g/mol. The maximum Gasteiger partial charge on any atom is 0.303 e. The lowest BCUT2D eigenvalue weighted by molar-refractivity contribution is -0.148. The zero-order valence-corrected chi connectivity index (χ0v) is 17.5. The monoisotopic (exact) mass is 384 g/mol. The molecule has 4 aliphatic carbocycles. The zero-order chi connectivity index (χ0) is 20.3. The van der Waals surface area contributed by atoms with E-state index in [-0.39, 0.29) is 34.9 Å². The molecule has 4 nitrogen and oxygen atoms in total. The highest BCUT2D eigenvalue weighted by molar-refractivity contribution is 5.92. The van der Waals surface area contributed by atoms with Crippen molar-refractivity contribution in [2.45, 2.75) is 66.2 Å². The van der Waals surface area contributed by atoms with E-state index in [9.17, 15) is 14.4 Å². The van der Waals surface area contributed by atoms with Crippen LogP contribution in [0, 0.1) is 34.5 Å². The smallest absolute Gasteiger partial charge is 0.303 e. The molecule has 4 heteroatoms. The third-order valence-electron chi connectivity index (χ3n) is 8.44. The molecule has 4 aliphatic rings. The number of carbonyl (C=O) groups excluding carboxylic acids is 3. The van der Waals surface area contributed by atoms with E-state index in [0.29, 0.717) is 24.2 Å².